The Bertz CT molecular complexity index is 256. The van der Waals surface area contributed by atoms with Gasteiger partial charge in [0.2, 0.25) is 5.88 Å². The summed E-state index contributed by atoms with van der Waals surface area (Å²) in [5.74, 6) is 0.712. The third-order valence-corrected chi connectivity index (χ3v) is 1.98. The van der Waals surface area contributed by atoms with Crippen molar-refractivity contribution in [2.45, 2.75) is 19.8 Å². The fourth-order valence-electron chi connectivity index (χ4n) is 1.04. The molecular weight excluding hydrogens is 176 g/mol. The summed E-state index contributed by atoms with van der Waals surface area (Å²) in [5, 5.41) is 0. The minimum atomic E-state index is 0.712. The topological polar surface area (TPSA) is 25.4 Å². The van der Waals surface area contributed by atoms with Crippen LogP contribution in [0, 0.1) is 0 Å². The summed E-state index contributed by atoms with van der Waals surface area (Å²) in [6.07, 6.45) is 4.05. The van der Waals surface area contributed by atoms with Crippen molar-refractivity contribution in [3.63, 3.8) is 0 Å². The van der Waals surface area contributed by atoms with E-state index >= 15 is 0 Å². The van der Waals surface area contributed by atoms with Gasteiger partial charge in [-0.2, -0.15) is 0 Å². The van der Waals surface area contributed by atoms with Gasteiger partial charge in [-0.1, -0.05) is 13.3 Å². The Morgan fingerprint density at radius 1 is 1.36 bits per heavy atom. The summed E-state index contributed by atoms with van der Waals surface area (Å²) in [5.41, 5.74) is 1.09. The number of pyridine rings is 1. The molecule has 1 heterocycles. The summed E-state index contributed by atoms with van der Waals surface area (Å²) in [6.45, 7) is 2.90. The molecule has 1 rings (SSSR count). The van der Waals surface area contributed by atoms with Crippen LogP contribution >= 0.6 is 0 Å². The van der Waals surface area contributed by atoms with Crippen molar-refractivity contribution in [1.82, 2.24) is 4.98 Å². The zero-order valence-corrected chi connectivity index (χ0v) is 9.16. The molecule has 0 aliphatic heterocycles. The molecule has 0 saturated carbocycles. The number of ether oxygens (including phenoxy) is 1. The molecule has 0 aliphatic carbocycles. The number of anilines is 1. The molecule has 3 heteroatoms. The molecule has 0 saturated heterocycles. The van der Waals surface area contributed by atoms with Crippen molar-refractivity contribution in [2.24, 2.45) is 0 Å². The van der Waals surface area contributed by atoms with E-state index in [4.69, 9.17) is 4.74 Å². The van der Waals surface area contributed by atoms with Gasteiger partial charge in [0.1, 0.15) is 0 Å². The van der Waals surface area contributed by atoms with Gasteiger partial charge in [0.15, 0.2) is 0 Å². The quantitative estimate of drug-likeness (QED) is 0.673. The number of nitrogens with zero attached hydrogens (tertiary/aromatic N) is 2. The summed E-state index contributed by atoms with van der Waals surface area (Å²) >= 11 is 0. The highest BCUT2D eigenvalue weighted by Gasteiger charge is 1.97. The van der Waals surface area contributed by atoms with E-state index in [0.717, 1.165) is 25.1 Å². The SMILES string of the molecule is CCCCOc1ccc(N(C)C)cn1. The highest BCUT2D eigenvalue weighted by Crippen LogP contribution is 2.13. The van der Waals surface area contributed by atoms with E-state index in [2.05, 4.69) is 11.9 Å². The van der Waals surface area contributed by atoms with Crippen molar-refractivity contribution in [3.8, 4) is 5.88 Å². The molecule has 0 fully saturated rings. The van der Waals surface area contributed by atoms with E-state index in [9.17, 15) is 0 Å². The molecule has 78 valence electrons. The summed E-state index contributed by atoms with van der Waals surface area (Å²) in [4.78, 5) is 6.22. The first-order chi connectivity index (χ1) is 6.74. The fraction of sp³-hybridized carbons (Fsp3) is 0.545. The number of aromatic nitrogens is 1. The van der Waals surface area contributed by atoms with E-state index in [-0.39, 0.29) is 0 Å². The van der Waals surface area contributed by atoms with Crippen molar-refractivity contribution in [1.29, 1.82) is 0 Å². The second-order valence-electron chi connectivity index (χ2n) is 3.45. The number of hydrogen-bond acceptors (Lipinski definition) is 3. The normalized spacial score (nSPS) is 9.93. The van der Waals surface area contributed by atoms with E-state index in [1.807, 2.05) is 37.3 Å². The lowest BCUT2D eigenvalue weighted by Gasteiger charge is -2.12. The number of unbranched alkanes of at least 4 members (excludes halogenated alkanes) is 1. The van der Waals surface area contributed by atoms with Crippen LogP contribution in [-0.4, -0.2) is 25.7 Å². The highest BCUT2D eigenvalue weighted by molar-refractivity contribution is 5.43. The third kappa shape index (κ3) is 3.24. The van der Waals surface area contributed by atoms with Crippen LogP contribution in [0.2, 0.25) is 0 Å². The molecule has 1 aromatic rings. The van der Waals surface area contributed by atoms with Crippen LogP contribution < -0.4 is 9.64 Å². The second-order valence-corrected chi connectivity index (χ2v) is 3.45. The number of hydrogen-bond donors (Lipinski definition) is 0. The van der Waals surface area contributed by atoms with Gasteiger partial charge in [-0.15, -0.1) is 0 Å². The first-order valence-electron chi connectivity index (χ1n) is 5.00. The van der Waals surface area contributed by atoms with Gasteiger partial charge < -0.3 is 9.64 Å². The van der Waals surface area contributed by atoms with Crippen molar-refractivity contribution >= 4 is 5.69 Å². The molecule has 1 aromatic heterocycles. The lowest BCUT2D eigenvalue weighted by Crippen LogP contribution is -2.09. The first-order valence-corrected chi connectivity index (χ1v) is 5.00. The van der Waals surface area contributed by atoms with E-state index in [1.54, 1.807) is 0 Å². The minimum absolute atomic E-state index is 0.712. The molecule has 0 unspecified atom stereocenters. The van der Waals surface area contributed by atoms with Gasteiger partial charge in [-0.05, 0) is 12.5 Å². The standard InChI is InChI=1S/C11H18N2O/c1-4-5-8-14-11-7-6-10(9-12-11)13(2)3/h6-7,9H,4-5,8H2,1-3H3. The summed E-state index contributed by atoms with van der Waals surface area (Å²) in [7, 11) is 3.99. The van der Waals surface area contributed by atoms with Crippen LogP contribution in [0.25, 0.3) is 0 Å². The van der Waals surface area contributed by atoms with Crippen molar-refractivity contribution in [3.05, 3.63) is 18.3 Å². The van der Waals surface area contributed by atoms with Gasteiger partial charge in [-0.3, -0.25) is 0 Å². The average molecular weight is 194 g/mol. The first kappa shape index (κ1) is 10.8. The van der Waals surface area contributed by atoms with E-state index in [0.29, 0.717) is 5.88 Å². The molecule has 3 nitrogen and oxygen atoms in total. The molecule has 0 aliphatic rings. The minimum Gasteiger partial charge on any atom is -0.478 e. The maximum atomic E-state index is 5.45. The molecule has 0 spiro atoms. The highest BCUT2D eigenvalue weighted by atomic mass is 16.5. The van der Waals surface area contributed by atoms with Crippen molar-refractivity contribution in [2.75, 3.05) is 25.6 Å². The molecule has 0 atom stereocenters. The van der Waals surface area contributed by atoms with Crippen molar-refractivity contribution < 1.29 is 4.74 Å². The average Bonchev–Trinajstić information content (AvgIpc) is 2.19. The van der Waals surface area contributed by atoms with Gasteiger partial charge in [-0.25, -0.2) is 4.98 Å². The Kier molecular flexibility index (Phi) is 4.23. The number of rotatable bonds is 5. The Morgan fingerprint density at radius 3 is 2.64 bits per heavy atom. The van der Waals surface area contributed by atoms with Crippen LogP contribution in [0.1, 0.15) is 19.8 Å². The smallest absolute Gasteiger partial charge is 0.213 e. The zero-order valence-electron chi connectivity index (χ0n) is 9.16. The molecule has 0 bridgehead atoms. The molecule has 14 heavy (non-hydrogen) atoms. The monoisotopic (exact) mass is 194 g/mol. The Morgan fingerprint density at radius 2 is 2.14 bits per heavy atom. The van der Waals surface area contributed by atoms with Gasteiger partial charge >= 0.3 is 0 Å². The maximum Gasteiger partial charge on any atom is 0.213 e. The van der Waals surface area contributed by atoms with Crippen LogP contribution in [-0.2, 0) is 0 Å². The molecule has 0 N–H and O–H groups in total. The van der Waals surface area contributed by atoms with Gasteiger partial charge in [0.05, 0.1) is 18.5 Å². The molecule has 0 amide bonds. The zero-order chi connectivity index (χ0) is 10.4. The predicted octanol–water partition coefficient (Wildman–Crippen LogP) is 2.33. The lowest BCUT2D eigenvalue weighted by atomic mass is 10.3. The van der Waals surface area contributed by atoms with Gasteiger partial charge in [0.25, 0.3) is 0 Å². The Hall–Kier alpha value is -1.25. The predicted molar refractivity (Wildman–Crippen MR) is 59.0 cm³/mol. The van der Waals surface area contributed by atoms with Crippen LogP contribution in [0.5, 0.6) is 5.88 Å². The molecule has 0 aromatic carbocycles. The largest absolute Gasteiger partial charge is 0.478 e. The fourth-order valence-corrected chi connectivity index (χ4v) is 1.04. The summed E-state index contributed by atoms with van der Waals surface area (Å²) in [6, 6.07) is 3.92. The maximum absolute atomic E-state index is 5.45. The lowest BCUT2D eigenvalue weighted by molar-refractivity contribution is 0.298. The van der Waals surface area contributed by atoms with E-state index < -0.39 is 0 Å². The second kappa shape index (κ2) is 5.47. The Balaban J connectivity index is 2.47. The van der Waals surface area contributed by atoms with Crippen LogP contribution in [0.4, 0.5) is 5.69 Å². The molecule has 0 radical (unpaired) electrons. The van der Waals surface area contributed by atoms with Crippen LogP contribution in [0.15, 0.2) is 18.3 Å². The summed E-state index contributed by atoms with van der Waals surface area (Å²) < 4.78 is 5.45. The van der Waals surface area contributed by atoms with Crippen LogP contribution in [0.3, 0.4) is 0 Å². The van der Waals surface area contributed by atoms with Gasteiger partial charge in [0, 0.05) is 20.2 Å². The third-order valence-electron chi connectivity index (χ3n) is 1.98. The van der Waals surface area contributed by atoms with E-state index in [1.165, 1.54) is 0 Å². The molecular formula is C11H18N2O. The Labute approximate surface area is 85.7 Å².